The Kier molecular flexibility index (Phi) is 7.41. The fourth-order valence-corrected chi connectivity index (χ4v) is 4.63. The molecule has 7 heteroatoms. The zero-order valence-corrected chi connectivity index (χ0v) is 21.8. The Bertz CT molecular complexity index is 1500. The lowest BCUT2D eigenvalue weighted by Crippen LogP contribution is -2.54. The fourth-order valence-electron chi connectivity index (χ4n) is 4.63. The topological polar surface area (TPSA) is 87.7 Å². The highest BCUT2D eigenvalue weighted by Crippen LogP contribution is 2.40. The van der Waals surface area contributed by atoms with Gasteiger partial charge in [0, 0.05) is 5.56 Å². The maximum Gasteiger partial charge on any atom is 0.261 e. The van der Waals surface area contributed by atoms with Gasteiger partial charge >= 0.3 is 0 Å². The molecule has 196 valence electrons. The minimum Gasteiger partial charge on any atom is -0.457 e. The summed E-state index contributed by atoms with van der Waals surface area (Å²) in [6.07, 6.45) is 0.0983. The van der Waals surface area contributed by atoms with Crippen LogP contribution in [0.4, 0.5) is 5.69 Å². The lowest BCUT2D eigenvalue weighted by molar-refractivity contribution is -0.130. The number of nitrogens with one attached hydrogen (secondary N) is 2. The van der Waals surface area contributed by atoms with E-state index >= 15 is 0 Å². The third kappa shape index (κ3) is 5.67. The summed E-state index contributed by atoms with van der Waals surface area (Å²) in [4.78, 5) is 39.3. The van der Waals surface area contributed by atoms with Gasteiger partial charge in [-0.2, -0.15) is 0 Å². The van der Waals surface area contributed by atoms with Gasteiger partial charge in [-0.15, -0.1) is 0 Å². The first-order valence-corrected chi connectivity index (χ1v) is 12.8. The number of benzene rings is 4. The van der Waals surface area contributed by atoms with Crippen LogP contribution in [0.15, 0.2) is 103 Å². The van der Waals surface area contributed by atoms with Gasteiger partial charge in [0.1, 0.15) is 17.5 Å². The number of ether oxygens (including phenoxy) is 1. The molecule has 1 aliphatic heterocycles. The zero-order valence-electron chi connectivity index (χ0n) is 21.8. The average Bonchev–Trinajstić information content (AvgIpc) is 3.04. The number of hydrogen-bond donors (Lipinski definition) is 2. The predicted molar refractivity (Wildman–Crippen MR) is 150 cm³/mol. The summed E-state index contributed by atoms with van der Waals surface area (Å²) in [6.45, 7) is 3.42. The molecule has 0 radical (unpaired) electrons. The Hall–Kier alpha value is -4.91. The second kappa shape index (κ2) is 11.2. The molecule has 1 unspecified atom stereocenters. The van der Waals surface area contributed by atoms with Crippen molar-refractivity contribution >= 4 is 23.4 Å². The molecular weight excluding hydrogens is 490 g/mol. The van der Waals surface area contributed by atoms with Crippen LogP contribution in [0.1, 0.15) is 30.9 Å². The van der Waals surface area contributed by atoms with Crippen molar-refractivity contribution in [2.45, 2.75) is 32.2 Å². The highest BCUT2D eigenvalue weighted by Gasteiger charge is 2.33. The second-order valence-electron chi connectivity index (χ2n) is 9.50. The van der Waals surface area contributed by atoms with Crippen molar-refractivity contribution in [2.24, 2.45) is 0 Å². The molecule has 0 saturated carbocycles. The van der Waals surface area contributed by atoms with E-state index in [1.807, 2.05) is 91.9 Å². The van der Waals surface area contributed by atoms with Crippen LogP contribution in [0.25, 0.3) is 11.1 Å². The Morgan fingerprint density at radius 3 is 2.18 bits per heavy atom. The first-order chi connectivity index (χ1) is 18.9. The normalized spacial score (nSPS) is 14.9. The molecule has 1 aliphatic rings. The van der Waals surface area contributed by atoms with Crippen LogP contribution in [-0.4, -0.2) is 23.8 Å². The molecule has 4 aromatic rings. The van der Waals surface area contributed by atoms with Crippen LogP contribution in [-0.2, 0) is 20.8 Å². The van der Waals surface area contributed by atoms with E-state index in [0.717, 1.165) is 28.0 Å². The van der Waals surface area contributed by atoms with Crippen LogP contribution < -0.4 is 20.5 Å². The highest BCUT2D eigenvalue weighted by atomic mass is 16.5. The van der Waals surface area contributed by atoms with Gasteiger partial charge in [-0.3, -0.25) is 19.8 Å². The number of fused-ring (bicyclic) bond motifs is 3. The van der Waals surface area contributed by atoms with Gasteiger partial charge in [0.05, 0.1) is 18.0 Å². The first-order valence-electron chi connectivity index (χ1n) is 12.8. The van der Waals surface area contributed by atoms with Crippen LogP contribution in [0.5, 0.6) is 11.5 Å². The lowest BCUT2D eigenvalue weighted by atomic mass is 9.92. The molecule has 1 heterocycles. The van der Waals surface area contributed by atoms with Gasteiger partial charge in [-0.25, -0.2) is 5.01 Å². The minimum atomic E-state index is -0.862. The molecule has 4 aromatic carbocycles. The number of amides is 3. The molecule has 0 aliphatic carbocycles. The summed E-state index contributed by atoms with van der Waals surface area (Å²) < 4.78 is 5.79. The first kappa shape index (κ1) is 25.7. The molecule has 0 spiro atoms. The summed E-state index contributed by atoms with van der Waals surface area (Å²) in [5.74, 6) is -0.123. The molecule has 5 rings (SSSR count). The zero-order chi connectivity index (χ0) is 27.4. The number of anilines is 1. The number of hydrazine groups is 1. The summed E-state index contributed by atoms with van der Waals surface area (Å²) in [5, 5.41) is 4.04. The van der Waals surface area contributed by atoms with Crippen LogP contribution >= 0.6 is 0 Å². The maximum absolute atomic E-state index is 13.4. The highest BCUT2D eigenvalue weighted by molar-refractivity contribution is 6.06. The molecule has 39 heavy (non-hydrogen) atoms. The Balaban J connectivity index is 1.23. The summed E-state index contributed by atoms with van der Waals surface area (Å²) in [6, 6.07) is 31.0. The number of para-hydroxylation sites is 2. The van der Waals surface area contributed by atoms with E-state index in [2.05, 4.69) is 10.7 Å². The van der Waals surface area contributed by atoms with E-state index in [0.29, 0.717) is 11.4 Å². The smallest absolute Gasteiger partial charge is 0.261 e. The Morgan fingerprint density at radius 1 is 0.821 bits per heavy atom. The standard InChI is InChI=1S/C32H29N3O4/c1-21-26-12-6-7-13-27(26)28-14-8-9-15-29(28)35(32(21)38)34-31(37)22(2)33-30(36)20-23-16-18-25(19-17-23)39-24-10-4-3-5-11-24/h3-19,21-22H,20H2,1-2H3,(H,33,36)(H,34,37)/t21?,22-/m0/s1. The van der Waals surface area contributed by atoms with E-state index in [-0.39, 0.29) is 18.2 Å². The van der Waals surface area contributed by atoms with E-state index in [1.54, 1.807) is 25.1 Å². The Morgan fingerprint density at radius 2 is 1.44 bits per heavy atom. The van der Waals surface area contributed by atoms with Gasteiger partial charge in [0.25, 0.3) is 11.8 Å². The molecule has 0 aromatic heterocycles. The number of carbonyl (C=O) groups is 3. The van der Waals surface area contributed by atoms with Crippen molar-refractivity contribution in [3.63, 3.8) is 0 Å². The van der Waals surface area contributed by atoms with Crippen LogP contribution in [0.3, 0.4) is 0 Å². The van der Waals surface area contributed by atoms with Crippen molar-refractivity contribution in [1.82, 2.24) is 10.7 Å². The van der Waals surface area contributed by atoms with Crippen molar-refractivity contribution in [3.8, 4) is 22.6 Å². The SMILES string of the molecule is CC1C(=O)N(NC(=O)[C@H](C)NC(=O)Cc2ccc(Oc3ccccc3)cc2)c2ccccc2-c2ccccc21. The largest absolute Gasteiger partial charge is 0.457 e. The van der Waals surface area contributed by atoms with E-state index in [1.165, 1.54) is 5.01 Å². The third-order valence-electron chi connectivity index (χ3n) is 6.71. The molecule has 0 bridgehead atoms. The van der Waals surface area contributed by atoms with E-state index in [4.69, 9.17) is 4.74 Å². The Labute approximate surface area is 227 Å². The van der Waals surface area contributed by atoms with Gasteiger partial charge in [-0.1, -0.05) is 72.8 Å². The van der Waals surface area contributed by atoms with Gasteiger partial charge in [0.15, 0.2) is 0 Å². The third-order valence-corrected chi connectivity index (χ3v) is 6.71. The van der Waals surface area contributed by atoms with Crippen molar-refractivity contribution < 1.29 is 19.1 Å². The summed E-state index contributed by atoms with van der Waals surface area (Å²) in [5.41, 5.74) is 6.81. The monoisotopic (exact) mass is 519 g/mol. The van der Waals surface area contributed by atoms with E-state index in [9.17, 15) is 14.4 Å². The minimum absolute atomic E-state index is 0.0983. The molecule has 2 N–H and O–H groups in total. The van der Waals surface area contributed by atoms with Crippen LogP contribution in [0, 0.1) is 0 Å². The van der Waals surface area contributed by atoms with Crippen molar-refractivity contribution in [3.05, 3.63) is 114 Å². The number of rotatable bonds is 7. The van der Waals surface area contributed by atoms with Gasteiger partial charge < -0.3 is 10.1 Å². The molecule has 0 saturated heterocycles. The number of nitrogens with zero attached hydrogens (tertiary/aromatic N) is 1. The van der Waals surface area contributed by atoms with Crippen molar-refractivity contribution in [2.75, 3.05) is 5.01 Å². The quantitative estimate of drug-likeness (QED) is 0.343. The van der Waals surface area contributed by atoms with E-state index < -0.39 is 17.9 Å². The predicted octanol–water partition coefficient (Wildman–Crippen LogP) is 5.37. The van der Waals surface area contributed by atoms with Crippen molar-refractivity contribution in [1.29, 1.82) is 0 Å². The van der Waals surface area contributed by atoms with Gasteiger partial charge in [0.2, 0.25) is 5.91 Å². The lowest BCUT2D eigenvalue weighted by Gasteiger charge is -2.27. The van der Waals surface area contributed by atoms with Crippen LogP contribution in [0.2, 0.25) is 0 Å². The average molecular weight is 520 g/mol. The molecule has 0 fully saturated rings. The number of carbonyl (C=O) groups excluding carboxylic acids is 3. The second-order valence-corrected chi connectivity index (χ2v) is 9.50. The maximum atomic E-state index is 13.4. The van der Waals surface area contributed by atoms with Gasteiger partial charge in [-0.05, 0) is 60.9 Å². The number of hydrogen-bond acceptors (Lipinski definition) is 4. The summed E-state index contributed by atoms with van der Waals surface area (Å²) in [7, 11) is 0. The molecule has 3 amide bonds. The molecular formula is C32H29N3O4. The fraction of sp³-hybridized carbons (Fsp3) is 0.156. The summed E-state index contributed by atoms with van der Waals surface area (Å²) >= 11 is 0. The molecule has 7 nitrogen and oxygen atoms in total. The molecule has 2 atom stereocenters.